The van der Waals surface area contributed by atoms with E-state index in [-0.39, 0.29) is 0 Å². The zero-order valence-electron chi connectivity index (χ0n) is 7.39. The summed E-state index contributed by atoms with van der Waals surface area (Å²) in [6.07, 6.45) is 7.53. The molecule has 0 aliphatic heterocycles. The Morgan fingerprint density at radius 1 is 1.36 bits per heavy atom. The fourth-order valence-electron chi connectivity index (χ4n) is 1.58. The van der Waals surface area contributed by atoms with Crippen LogP contribution >= 0.6 is 15.9 Å². The first-order valence-electron chi connectivity index (χ1n) is 4.48. The van der Waals surface area contributed by atoms with Gasteiger partial charge in [-0.05, 0) is 30.6 Å². The van der Waals surface area contributed by atoms with Crippen LogP contribution in [0.3, 0.4) is 0 Å². The molecular formula is C10H17Br. The third-order valence-corrected chi connectivity index (χ3v) is 3.39. The minimum absolute atomic E-state index is 0.796. The third-order valence-electron chi connectivity index (χ3n) is 2.56. The lowest BCUT2D eigenvalue weighted by molar-refractivity contribution is 0.386. The summed E-state index contributed by atoms with van der Waals surface area (Å²) in [6.45, 7) is 4.62. The second-order valence-electron chi connectivity index (χ2n) is 3.78. The number of hydrogen-bond donors (Lipinski definition) is 0. The largest absolute Gasteiger partial charge is 0.0922 e. The molecule has 2 atom stereocenters. The summed E-state index contributed by atoms with van der Waals surface area (Å²) in [7, 11) is 0. The number of halogens is 1. The molecule has 0 amide bonds. The molecule has 0 spiro atoms. The van der Waals surface area contributed by atoms with Crippen LogP contribution in [0.15, 0.2) is 12.2 Å². The maximum Gasteiger partial charge on any atom is 0.00943 e. The molecule has 0 aromatic heterocycles. The molecule has 0 N–H and O–H groups in total. The molecule has 0 radical (unpaired) electrons. The molecule has 0 saturated carbocycles. The maximum atomic E-state index is 3.52. The zero-order valence-corrected chi connectivity index (χ0v) is 8.97. The topological polar surface area (TPSA) is 0 Å². The highest BCUT2D eigenvalue weighted by Gasteiger charge is 2.16. The Morgan fingerprint density at radius 3 is 2.45 bits per heavy atom. The molecule has 0 nitrogen and oxygen atoms in total. The number of alkyl halides is 1. The molecule has 0 aromatic carbocycles. The highest BCUT2D eigenvalue weighted by Crippen LogP contribution is 2.28. The molecule has 0 unspecified atom stereocenters. The van der Waals surface area contributed by atoms with E-state index in [2.05, 4.69) is 41.9 Å². The monoisotopic (exact) mass is 216 g/mol. The smallest absolute Gasteiger partial charge is 0.00943 e. The van der Waals surface area contributed by atoms with E-state index < -0.39 is 0 Å². The van der Waals surface area contributed by atoms with E-state index in [4.69, 9.17) is 0 Å². The van der Waals surface area contributed by atoms with Crippen LogP contribution in [-0.2, 0) is 0 Å². The van der Waals surface area contributed by atoms with Crippen LogP contribution in [0.4, 0.5) is 0 Å². The SMILES string of the molecule is CC(C)[C@@H]1C=C[C@@H](CBr)CC1. The van der Waals surface area contributed by atoms with Crippen LogP contribution in [0.1, 0.15) is 26.7 Å². The molecule has 0 aromatic rings. The van der Waals surface area contributed by atoms with E-state index in [0.29, 0.717) is 0 Å². The molecule has 1 heteroatoms. The molecule has 0 bridgehead atoms. The molecule has 1 aliphatic carbocycles. The van der Waals surface area contributed by atoms with Gasteiger partial charge in [0.15, 0.2) is 0 Å². The van der Waals surface area contributed by atoms with E-state index in [1.54, 1.807) is 0 Å². The van der Waals surface area contributed by atoms with Gasteiger partial charge in [-0.2, -0.15) is 0 Å². The Morgan fingerprint density at radius 2 is 2.09 bits per heavy atom. The average Bonchev–Trinajstić information content (AvgIpc) is 2.05. The lowest BCUT2D eigenvalue weighted by Gasteiger charge is -2.24. The molecule has 0 saturated heterocycles. The van der Waals surface area contributed by atoms with Crippen LogP contribution in [-0.4, -0.2) is 5.33 Å². The first-order valence-corrected chi connectivity index (χ1v) is 5.60. The van der Waals surface area contributed by atoms with Crippen molar-refractivity contribution in [1.82, 2.24) is 0 Å². The Hall–Kier alpha value is 0.220. The van der Waals surface area contributed by atoms with E-state index >= 15 is 0 Å². The van der Waals surface area contributed by atoms with Gasteiger partial charge < -0.3 is 0 Å². The van der Waals surface area contributed by atoms with Gasteiger partial charge in [-0.15, -0.1) is 0 Å². The molecule has 0 fully saturated rings. The van der Waals surface area contributed by atoms with Crippen molar-refractivity contribution in [1.29, 1.82) is 0 Å². The highest BCUT2D eigenvalue weighted by atomic mass is 79.9. The number of rotatable bonds is 2. The van der Waals surface area contributed by atoms with E-state index in [1.807, 2.05) is 0 Å². The fourth-order valence-corrected chi connectivity index (χ4v) is 2.12. The van der Waals surface area contributed by atoms with Crippen molar-refractivity contribution in [3.05, 3.63) is 12.2 Å². The molecule has 0 heterocycles. The summed E-state index contributed by atoms with van der Waals surface area (Å²) in [4.78, 5) is 0. The zero-order chi connectivity index (χ0) is 8.27. The Labute approximate surface area is 78.2 Å². The minimum atomic E-state index is 0.796. The van der Waals surface area contributed by atoms with Gasteiger partial charge >= 0.3 is 0 Å². The molecular weight excluding hydrogens is 200 g/mol. The summed E-state index contributed by atoms with van der Waals surface area (Å²) in [5.41, 5.74) is 0. The summed E-state index contributed by atoms with van der Waals surface area (Å²) in [5, 5.41) is 1.13. The van der Waals surface area contributed by atoms with E-state index in [1.165, 1.54) is 12.8 Å². The normalized spacial score (nSPS) is 31.3. The van der Waals surface area contributed by atoms with Crippen LogP contribution in [0, 0.1) is 17.8 Å². The molecule has 11 heavy (non-hydrogen) atoms. The number of allylic oxidation sites excluding steroid dienone is 2. The van der Waals surface area contributed by atoms with Gasteiger partial charge in [0.25, 0.3) is 0 Å². The predicted molar refractivity (Wildman–Crippen MR) is 54.0 cm³/mol. The van der Waals surface area contributed by atoms with Crippen molar-refractivity contribution in [2.45, 2.75) is 26.7 Å². The van der Waals surface area contributed by atoms with Crippen molar-refractivity contribution >= 4 is 15.9 Å². The van der Waals surface area contributed by atoms with Gasteiger partial charge in [0, 0.05) is 5.33 Å². The number of hydrogen-bond acceptors (Lipinski definition) is 0. The standard InChI is InChI=1S/C10H17Br/c1-8(2)10-5-3-9(7-11)4-6-10/h3,5,8-10H,4,6-7H2,1-2H3/t9-,10-/m1/s1. The highest BCUT2D eigenvalue weighted by molar-refractivity contribution is 9.09. The summed E-state index contributed by atoms with van der Waals surface area (Å²) in [6, 6.07) is 0. The van der Waals surface area contributed by atoms with Gasteiger partial charge in [-0.25, -0.2) is 0 Å². The first-order chi connectivity index (χ1) is 5.24. The molecule has 1 rings (SSSR count). The van der Waals surface area contributed by atoms with Gasteiger partial charge in [0.2, 0.25) is 0 Å². The second kappa shape index (κ2) is 4.30. The Bertz CT molecular complexity index is 138. The summed E-state index contributed by atoms with van der Waals surface area (Å²) >= 11 is 3.52. The summed E-state index contributed by atoms with van der Waals surface area (Å²) in [5.74, 6) is 2.46. The average molecular weight is 217 g/mol. The quantitative estimate of drug-likeness (QED) is 0.489. The van der Waals surface area contributed by atoms with Crippen molar-refractivity contribution in [2.24, 2.45) is 17.8 Å². The minimum Gasteiger partial charge on any atom is -0.0922 e. The second-order valence-corrected chi connectivity index (χ2v) is 4.43. The predicted octanol–water partition coefficient (Wildman–Crippen LogP) is 3.62. The molecule has 64 valence electrons. The van der Waals surface area contributed by atoms with Crippen LogP contribution < -0.4 is 0 Å². The van der Waals surface area contributed by atoms with Crippen LogP contribution in [0.2, 0.25) is 0 Å². The Balaban J connectivity index is 2.42. The Kier molecular flexibility index (Phi) is 3.64. The van der Waals surface area contributed by atoms with Gasteiger partial charge in [-0.3, -0.25) is 0 Å². The third kappa shape index (κ3) is 2.62. The fraction of sp³-hybridized carbons (Fsp3) is 0.800. The summed E-state index contributed by atoms with van der Waals surface area (Å²) < 4.78 is 0. The van der Waals surface area contributed by atoms with Crippen LogP contribution in [0.5, 0.6) is 0 Å². The van der Waals surface area contributed by atoms with Crippen molar-refractivity contribution in [3.8, 4) is 0 Å². The van der Waals surface area contributed by atoms with E-state index in [9.17, 15) is 0 Å². The maximum absolute atomic E-state index is 3.52. The van der Waals surface area contributed by atoms with Crippen LogP contribution in [0.25, 0.3) is 0 Å². The van der Waals surface area contributed by atoms with Crippen molar-refractivity contribution in [3.63, 3.8) is 0 Å². The van der Waals surface area contributed by atoms with Crippen molar-refractivity contribution in [2.75, 3.05) is 5.33 Å². The van der Waals surface area contributed by atoms with Gasteiger partial charge in [-0.1, -0.05) is 41.9 Å². The lowest BCUT2D eigenvalue weighted by atomic mass is 9.83. The van der Waals surface area contributed by atoms with Crippen molar-refractivity contribution < 1.29 is 0 Å². The van der Waals surface area contributed by atoms with Gasteiger partial charge in [0.05, 0.1) is 0 Å². The lowest BCUT2D eigenvalue weighted by Crippen LogP contribution is -2.13. The van der Waals surface area contributed by atoms with Gasteiger partial charge in [0.1, 0.15) is 0 Å². The van der Waals surface area contributed by atoms with E-state index in [0.717, 1.165) is 23.1 Å². The first kappa shape index (κ1) is 9.31. The molecule has 1 aliphatic rings.